The maximum atomic E-state index is 4.74. The molecule has 0 bridgehead atoms. The van der Waals surface area contributed by atoms with Crippen LogP contribution in [0.3, 0.4) is 0 Å². The second-order valence-corrected chi connectivity index (χ2v) is 7.27. The van der Waals surface area contributed by atoms with E-state index in [4.69, 9.17) is 4.98 Å². The van der Waals surface area contributed by atoms with Gasteiger partial charge in [0.1, 0.15) is 0 Å². The van der Waals surface area contributed by atoms with Crippen LogP contribution in [0.15, 0.2) is 18.5 Å². The number of rotatable bonds is 3. The molecule has 4 nitrogen and oxygen atoms in total. The van der Waals surface area contributed by atoms with E-state index in [1.807, 2.05) is 0 Å². The quantitative estimate of drug-likeness (QED) is 0.944. The highest BCUT2D eigenvalue weighted by Crippen LogP contribution is 2.27. The van der Waals surface area contributed by atoms with Crippen molar-refractivity contribution >= 4 is 11.0 Å². The second-order valence-electron chi connectivity index (χ2n) is 7.27. The molecule has 0 saturated carbocycles. The maximum Gasteiger partial charge on any atom is 0.0961 e. The number of hydrogen-bond acceptors (Lipinski definition) is 3. The molecule has 2 fully saturated rings. The van der Waals surface area contributed by atoms with Crippen LogP contribution in [0.2, 0.25) is 0 Å². The molecule has 2 aliphatic rings. The van der Waals surface area contributed by atoms with Crippen LogP contribution in [0, 0.1) is 6.92 Å². The lowest BCUT2D eigenvalue weighted by atomic mass is 10.1. The summed E-state index contributed by atoms with van der Waals surface area (Å²) in [4.78, 5) is 7.30. The van der Waals surface area contributed by atoms with Crippen LogP contribution in [-0.2, 0) is 6.54 Å². The molecule has 0 aliphatic carbocycles. The number of aromatic nitrogens is 2. The normalized spacial score (nSPS) is 23.4. The Kier molecular flexibility index (Phi) is 4.36. The van der Waals surface area contributed by atoms with Crippen LogP contribution in [0.4, 0.5) is 0 Å². The fourth-order valence-corrected chi connectivity index (χ4v) is 4.26. The molecule has 2 aromatic rings. The van der Waals surface area contributed by atoms with Gasteiger partial charge < -0.3 is 9.88 Å². The zero-order valence-electron chi connectivity index (χ0n) is 14.2. The van der Waals surface area contributed by atoms with Crippen LogP contribution < -0.4 is 5.32 Å². The molecule has 3 heterocycles. The van der Waals surface area contributed by atoms with Crippen LogP contribution in [0.25, 0.3) is 11.0 Å². The van der Waals surface area contributed by atoms with E-state index < -0.39 is 0 Å². The number of fused-ring (bicyclic) bond motifs is 1. The predicted molar refractivity (Wildman–Crippen MR) is 94.7 cm³/mol. The molecule has 1 aromatic carbocycles. The van der Waals surface area contributed by atoms with E-state index >= 15 is 0 Å². The van der Waals surface area contributed by atoms with E-state index in [0.29, 0.717) is 6.04 Å². The zero-order valence-corrected chi connectivity index (χ0v) is 14.2. The van der Waals surface area contributed by atoms with Gasteiger partial charge in [-0.05, 0) is 69.4 Å². The summed E-state index contributed by atoms with van der Waals surface area (Å²) in [5.74, 6) is 0. The first-order valence-electron chi connectivity index (χ1n) is 9.20. The third kappa shape index (κ3) is 3.15. The lowest BCUT2D eigenvalue weighted by molar-refractivity contribution is 0.331. The Balaban J connectivity index is 1.63. The molecular weight excluding hydrogens is 284 g/mol. The van der Waals surface area contributed by atoms with Crippen molar-refractivity contribution in [3.05, 3.63) is 29.6 Å². The van der Waals surface area contributed by atoms with Gasteiger partial charge in [-0.1, -0.05) is 12.5 Å². The van der Waals surface area contributed by atoms with Gasteiger partial charge in [0, 0.05) is 19.1 Å². The van der Waals surface area contributed by atoms with Gasteiger partial charge in [0.2, 0.25) is 0 Å². The van der Waals surface area contributed by atoms with Crippen molar-refractivity contribution in [1.82, 2.24) is 19.8 Å². The summed E-state index contributed by atoms with van der Waals surface area (Å²) in [6, 6.07) is 5.23. The Morgan fingerprint density at radius 3 is 2.91 bits per heavy atom. The van der Waals surface area contributed by atoms with Crippen LogP contribution >= 0.6 is 0 Å². The van der Waals surface area contributed by atoms with Gasteiger partial charge in [-0.15, -0.1) is 0 Å². The fourth-order valence-electron chi connectivity index (χ4n) is 4.26. The van der Waals surface area contributed by atoms with Crippen LogP contribution in [0.1, 0.15) is 49.3 Å². The first-order valence-corrected chi connectivity index (χ1v) is 9.20. The van der Waals surface area contributed by atoms with Gasteiger partial charge in [-0.25, -0.2) is 4.98 Å². The maximum absolute atomic E-state index is 4.74. The Morgan fingerprint density at radius 1 is 1.17 bits per heavy atom. The van der Waals surface area contributed by atoms with E-state index in [9.17, 15) is 0 Å². The molecule has 23 heavy (non-hydrogen) atoms. The summed E-state index contributed by atoms with van der Waals surface area (Å²) in [5, 5.41) is 3.57. The van der Waals surface area contributed by atoms with Crippen LogP contribution in [-0.4, -0.2) is 40.6 Å². The largest absolute Gasteiger partial charge is 0.326 e. The summed E-state index contributed by atoms with van der Waals surface area (Å²) in [5.41, 5.74) is 5.30. The number of likely N-dealkylation sites (tertiary alicyclic amines) is 1. The molecule has 4 heteroatoms. The average molecular weight is 312 g/mol. The molecule has 2 saturated heterocycles. The van der Waals surface area contributed by atoms with E-state index in [0.717, 1.165) is 19.6 Å². The second kappa shape index (κ2) is 6.62. The van der Waals surface area contributed by atoms with Crippen molar-refractivity contribution in [2.24, 2.45) is 0 Å². The van der Waals surface area contributed by atoms with Crippen molar-refractivity contribution < 1.29 is 0 Å². The monoisotopic (exact) mass is 312 g/mol. The molecule has 0 radical (unpaired) electrons. The van der Waals surface area contributed by atoms with E-state index in [2.05, 4.69) is 40.2 Å². The van der Waals surface area contributed by atoms with Gasteiger partial charge in [0.15, 0.2) is 0 Å². The third-order valence-electron chi connectivity index (χ3n) is 5.44. The minimum atomic E-state index is 0.547. The fraction of sp³-hybridized carbons (Fsp3) is 0.632. The molecular formula is C19H28N4. The Labute approximate surface area is 138 Å². The van der Waals surface area contributed by atoms with E-state index in [-0.39, 0.29) is 0 Å². The SMILES string of the molecule is Cc1cc(CN2CCCC2)cc2ncn(C3CCCCNC3)c12. The van der Waals surface area contributed by atoms with Gasteiger partial charge in [-0.3, -0.25) is 4.90 Å². The Hall–Kier alpha value is -1.39. The van der Waals surface area contributed by atoms with Crippen molar-refractivity contribution in [1.29, 1.82) is 0 Å². The van der Waals surface area contributed by atoms with Gasteiger partial charge >= 0.3 is 0 Å². The molecule has 2 aliphatic heterocycles. The number of hydrogen-bond donors (Lipinski definition) is 1. The summed E-state index contributed by atoms with van der Waals surface area (Å²) in [7, 11) is 0. The van der Waals surface area contributed by atoms with Gasteiger partial charge in [-0.2, -0.15) is 0 Å². The first-order chi connectivity index (χ1) is 11.3. The lowest BCUT2D eigenvalue weighted by Gasteiger charge is -2.19. The number of nitrogens with zero attached hydrogens (tertiary/aromatic N) is 3. The average Bonchev–Trinajstić information content (AvgIpc) is 3.11. The number of nitrogens with one attached hydrogen (secondary N) is 1. The molecule has 1 unspecified atom stereocenters. The Morgan fingerprint density at radius 2 is 2.04 bits per heavy atom. The van der Waals surface area contributed by atoms with E-state index in [1.165, 1.54) is 67.4 Å². The van der Waals surface area contributed by atoms with Crippen molar-refractivity contribution in [3.8, 4) is 0 Å². The smallest absolute Gasteiger partial charge is 0.0961 e. The summed E-state index contributed by atoms with van der Waals surface area (Å²) < 4.78 is 2.42. The van der Waals surface area contributed by atoms with E-state index in [1.54, 1.807) is 0 Å². The highest BCUT2D eigenvalue weighted by atomic mass is 15.1. The minimum Gasteiger partial charge on any atom is -0.326 e. The van der Waals surface area contributed by atoms with Crippen LogP contribution in [0.5, 0.6) is 0 Å². The number of aryl methyl sites for hydroxylation is 1. The van der Waals surface area contributed by atoms with Gasteiger partial charge in [0.05, 0.1) is 17.4 Å². The van der Waals surface area contributed by atoms with Crippen molar-refractivity contribution in [2.45, 2.75) is 51.6 Å². The topological polar surface area (TPSA) is 33.1 Å². The standard InChI is InChI=1S/C19H28N4/c1-15-10-16(13-22-8-4-5-9-22)11-18-19(15)23(14-21-18)17-6-2-3-7-20-12-17/h10-11,14,17,20H,2-9,12-13H2,1H3. The summed E-state index contributed by atoms with van der Waals surface area (Å²) in [6.07, 6.45) is 8.63. The first kappa shape index (κ1) is 15.2. The minimum absolute atomic E-state index is 0.547. The molecule has 0 amide bonds. The number of benzene rings is 1. The zero-order chi connectivity index (χ0) is 15.6. The summed E-state index contributed by atoms with van der Waals surface area (Å²) >= 11 is 0. The molecule has 1 atom stereocenters. The van der Waals surface area contributed by atoms with Crippen molar-refractivity contribution in [3.63, 3.8) is 0 Å². The van der Waals surface area contributed by atoms with Gasteiger partial charge in [0.25, 0.3) is 0 Å². The third-order valence-corrected chi connectivity index (χ3v) is 5.44. The molecule has 124 valence electrons. The van der Waals surface area contributed by atoms with Crippen molar-refractivity contribution in [2.75, 3.05) is 26.2 Å². The predicted octanol–water partition coefficient (Wildman–Crippen LogP) is 3.26. The number of imidazole rings is 1. The molecule has 4 rings (SSSR count). The highest BCUT2D eigenvalue weighted by Gasteiger charge is 2.18. The highest BCUT2D eigenvalue weighted by molar-refractivity contribution is 5.80. The molecule has 1 aromatic heterocycles. The lowest BCUT2D eigenvalue weighted by Crippen LogP contribution is -2.23. The summed E-state index contributed by atoms with van der Waals surface area (Å²) in [6.45, 7) is 8.05. The molecule has 0 spiro atoms. The molecule has 1 N–H and O–H groups in total. The Bertz CT molecular complexity index is 661.